The lowest BCUT2D eigenvalue weighted by Gasteiger charge is -2.41. The van der Waals surface area contributed by atoms with Gasteiger partial charge in [-0.15, -0.1) is 0 Å². The average molecular weight is 973 g/mol. The van der Waals surface area contributed by atoms with E-state index in [0.29, 0.717) is 0 Å². The Hall–Kier alpha value is -9.53. The predicted octanol–water partition coefficient (Wildman–Crippen LogP) is 11.1. The van der Waals surface area contributed by atoms with Crippen LogP contribution < -0.4 is 42.3 Å². The molecule has 0 saturated carbocycles. The van der Waals surface area contributed by atoms with Gasteiger partial charge in [-0.05, 0) is 94.4 Å². The van der Waals surface area contributed by atoms with Gasteiger partial charge in [-0.3, -0.25) is 0 Å². The fourth-order valence-corrected chi connectivity index (χ4v) is 13.1. The molecule has 0 N–H and O–H groups in total. The van der Waals surface area contributed by atoms with Crippen LogP contribution in [0.15, 0.2) is 194 Å². The number of aromatic nitrogens is 6. The lowest BCUT2D eigenvalue weighted by atomic mass is 9.31. The van der Waals surface area contributed by atoms with Gasteiger partial charge in [0.15, 0.2) is 0 Å². The largest absolute Gasteiger partial charge is 0.456 e. The van der Waals surface area contributed by atoms with Crippen LogP contribution >= 0.6 is 0 Å². The molecule has 10 heterocycles. The van der Waals surface area contributed by atoms with Crippen molar-refractivity contribution < 1.29 is 9.47 Å². The Kier molecular flexibility index (Phi) is 8.55. The van der Waals surface area contributed by atoms with Crippen molar-refractivity contribution in [2.24, 2.45) is 0 Å². The minimum Gasteiger partial charge on any atom is -0.456 e. The Morgan fingerprint density at radius 2 is 0.737 bits per heavy atom. The second kappa shape index (κ2) is 15.5. The molecule has 0 atom stereocenters. The zero-order valence-electron chi connectivity index (χ0n) is 41.5. The summed E-state index contributed by atoms with van der Waals surface area (Å²) in [4.78, 5) is 22.5. The summed E-state index contributed by atoms with van der Waals surface area (Å²) in [5, 5.41) is 0. The van der Waals surface area contributed by atoms with E-state index < -0.39 is 0 Å². The molecule has 6 aromatic heterocycles. The van der Waals surface area contributed by atoms with Crippen LogP contribution in [0.4, 0.5) is 0 Å². The smallest absolute Gasteiger partial charge is 0.256 e. The highest BCUT2D eigenvalue weighted by Crippen LogP contribution is 2.48. The summed E-state index contributed by atoms with van der Waals surface area (Å²) >= 11 is 0. The van der Waals surface area contributed by atoms with Crippen LogP contribution in [-0.2, 0) is 12.8 Å². The summed E-state index contributed by atoms with van der Waals surface area (Å²) in [5.41, 5.74) is 26.0. The molecule has 10 heteroatoms. The molecular formula is C66H42B2N6O2. The monoisotopic (exact) mass is 972 g/mol. The maximum absolute atomic E-state index is 7.71. The minimum absolute atomic E-state index is 0.272. The first-order valence-corrected chi connectivity index (χ1v) is 26.4. The van der Waals surface area contributed by atoms with Gasteiger partial charge in [0.05, 0.1) is 56.2 Å². The third-order valence-corrected chi connectivity index (χ3v) is 16.5. The quantitative estimate of drug-likeness (QED) is 0.154. The van der Waals surface area contributed by atoms with Gasteiger partial charge in [0.25, 0.3) is 13.4 Å². The van der Waals surface area contributed by atoms with Crippen molar-refractivity contribution in [3.8, 4) is 79.4 Å². The molecule has 17 rings (SSSR count). The number of hydrogen-bond donors (Lipinski definition) is 0. The van der Waals surface area contributed by atoms with Crippen molar-refractivity contribution in [3.05, 3.63) is 205 Å². The van der Waals surface area contributed by atoms with Crippen LogP contribution in [0, 0.1) is 0 Å². The van der Waals surface area contributed by atoms with E-state index in [1.807, 2.05) is 0 Å². The molecule has 13 aromatic rings. The first kappa shape index (κ1) is 41.9. The number of nitrogens with zero attached hydrogens (tertiary/aromatic N) is 6. The van der Waals surface area contributed by atoms with E-state index in [1.54, 1.807) is 0 Å². The fourth-order valence-electron chi connectivity index (χ4n) is 13.1. The predicted molar refractivity (Wildman–Crippen MR) is 309 cm³/mol. The number of hydrogen-bond acceptors (Lipinski definition) is 6. The van der Waals surface area contributed by atoms with E-state index in [1.165, 1.54) is 11.1 Å². The van der Waals surface area contributed by atoms with Gasteiger partial charge in [-0.2, -0.15) is 0 Å². The zero-order valence-corrected chi connectivity index (χ0v) is 41.5. The molecule has 0 saturated heterocycles. The van der Waals surface area contributed by atoms with E-state index >= 15 is 0 Å². The van der Waals surface area contributed by atoms with Gasteiger partial charge in [0.2, 0.25) is 0 Å². The van der Waals surface area contributed by atoms with Crippen molar-refractivity contribution in [3.63, 3.8) is 0 Å². The van der Waals surface area contributed by atoms with Crippen molar-refractivity contribution in [1.82, 2.24) is 29.1 Å². The van der Waals surface area contributed by atoms with Crippen LogP contribution in [-0.4, -0.2) is 42.5 Å². The summed E-state index contributed by atoms with van der Waals surface area (Å²) in [7, 11) is 0. The lowest BCUT2D eigenvalue weighted by molar-refractivity contribution is 0.472. The van der Waals surface area contributed by atoms with Crippen molar-refractivity contribution in [1.29, 1.82) is 0 Å². The molecule has 0 radical (unpaired) electrons. The van der Waals surface area contributed by atoms with E-state index in [4.69, 9.17) is 29.4 Å². The minimum atomic E-state index is -0.272. The standard InChI is InChI=1S/C66H42B2N6O2/c1-3-37-25-31-53-43(33-37)67-45-35-49(41-21-13-7-14-22-41)71-59-57-51(29-27-47(69-57)39-17-9-5-10-18-39)73(61(45)59)63-55(67)65(75-53)64-56-66(63)76-54-32-26-38(4-2)34-44(54)68(56)46-36-50(42-23-15-8-16-24-42)72-60-58-52(74(64)62(46)60)30-28-48(70-58)40-19-11-6-12-20-40/h5-36H,3-4H2,1-2H3. The lowest BCUT2D eigenvalue weighted by Crippen LogP contribution is -2.63. The third kappa shape index (κ3) is 5.65. The first-order valence-electron chi connectivity index (χ1n) is 26.4. The number of ether oxygens (including phenoxy) is 2. The molecular weight excluding hydrogens is 930 g/mol. The molecule has 354 valence electrons. The summed E-state index contributed by atoms with van der Waals surface area (Å²) in [6.45, 7) is 3.90. The Bertz CT molecular complexity index is 4380. The third-order valence-electron chi connectivity index (χ3n) is 16.5. The molecule has 0 spiro atoms. The van der Waals surface area contributed by atoms with Crippen molar-refractivity contribution >= 4 is 90.3 Å². The summed E-state index contributed by atoms with van der Waals surface area (Å²) in [6.07, 6.45) is 1.76. The van der Waals surface area contributed by atoms with Crippen molar-refractivity contribution in [2.45, 2.75) is 26.7 Å². The number of benzene rings is 7. The molecule has 0 fully saturated rings. The summed E-state index contributed by atoms with van der Waals surface area (Å²) in [6, 6.07) is 69.0. The van der Waals surface area contributed by atoms with Gasteiger partial charge in [0.1, 0.15) is 45.1 Å². The second-order valence-electron chi connectivity index (χ2n) is 20.6. The van der Waals surface area contributed by atoms with Crippen LogP contribution in [0.25, 0.3) is 101 Å². The Morgan fingerprint density at radius 3 is 1.12 bits per heavy atom. The fraction of sp³-hybridized carbons (Fsp3) is 0.0606. The SMILES string of the molecule is CCc1ccc2c(c1)B1c3c(c4c5c(c3-n3c6ccc(-c7ccccc7)nc6c6nc(-c7ccccc7)cc1c63)Oc1ccc(CC)cc1B5c1cc(-c3ccccc3)nc3c5nc(-c6ccccc6)ccc5n-4c13)O2. The molecule has 7 aromatic carbocycles. The number of fused-ring (bicyclic) bond motifs is 16. The molecule has 0 bridgehead atoms. The van der Waals surface area contributed by atoms with E-state index in [0.717, 1.165) is 169 Å². The van der Waals surface area contributed by atoms with Crippen LogP contribution in [0.5, 0.6) is 23.0 Å². The normalized spacial score (nSPS) is 13.1. The Morgan fingerprint density at radius 1 is 0.368 bits per heavy atom. The van der Waals surface area contributed by atoms with Gasteiger partial charge in [-0.25, -0.2) is 19.9 Å². The van der Waals surface area contributed by atoms with Gasteiger partial charge < -0.3 is 18.6 Å². The van der Waals surface area contributed by atoms with Crippen LogP contribution in [0.1, 0.15) is 25.0 Å². The highest BCUT2D eigenvalue weighted by molar-refractivity contribution is 7.02. The van der Waals surface area contributed by atoms with Crippen molar-refractivity contribution in [2.75, 3.05) is 0 Å². The molecule has 4 aliphatic rings. The van der Waals surface area contributed by atoms with E-state index in [9.17, 15) is 0 Å². The first-order chi connectivity index (χ1) is 37.6. The van der Waals surface area contributed by atoms with Gasteiger partial charge >= 0.3 is 0 Å². The zero-order chi connectivity index (χ0) is 49.9. The second-order valence-corrected chi connectivity index (χ2v) is 20.6. The highest BCUT2D eigenvalue weighted by atomic mass is 16.5. The van der Waals surface area contributed by atoms with E-state index in [-0.39, 0.29) is 13.4 Å². The molecule has 76 heavy (non-hydrogen) atoms. The van der Waals surface area contributed by atoms with Gasteiger partial charge in [-0.1, -0.05) is 159 Å². The Balaban J connectivity index is 1.07. The maximum atomic E-state index is 7.71. The van der Waals surface area contributed by atoms with Gasteiger partial charge in [0, 0.05) is 33.2 Å². The van der Waals surface area contributed by atoms with Crippen LogP contribution in [0.3, 0.4) is 0 Å². The molecule has 0 amide bonds. The maximum Gasteiger partial charge on any atom is 0.256 e. The molecule has 0 unspecified atom stereocenters. The number of rotatable bonds is 6. The molecule has 0 aliphatic carbocycles. The molecule has 8 nitrogen and oxygen atoms in total. The summed E-state index contributed by atoms with van der Waals surface area (Å²) in [5.74, 6) is 3.27. The Labute approximate surface area is 438 Å². The molecule has 4 aliphatic heterocycles. The number of pyridine rings is 4. The summed E-state index contributed by atoms with van der Waals surface area (Å²) < 4.78 is 20.3. The topological polar surface area (TPSA) is 79.9 Å². The van der Waals surface area contributed by atoms with Crippen LogP contribution in [0.2, 0.25) is 0 Å². The average Bonchev–Trinajstić information content (AvgIpc) is 4.15. The highest BCUT2D eigenvalue weighted by Gasteiger charge is 2.51. The van der Waals surface area contributed by atoms with E-state index in [2.05, 4.69) is 217 Å². The number of aryl methyl sites for hydroxylation is 2.